The van der Waals surface area contributed by atoms with Crippen molar-refractivity contribution in [2.45, 2.75) is 128 Å². The van der Waals surface area contributed by atoms with Gasteiger partial charge >= 0.3 is 12.0 Å². The van der Waals surface area contributed by atoms with Gasteiger partial charge in [-0.3, -0.25) is 9.36 Å². The number of aliphatic hydroxyl groups is 3. The van der Waals surface area contributed by atoms with E-state index in [-0.39, 0.29) is 65.4 Å². The number of halogens is 1. The smallest absolute Gasteiger partial charge is 0.312 e. The van der Waals surface area contributed by atoms with E-state index in [4.69, 9.17) is 15.2 Å². The van der Waals surface area contributed by atoms with Crippen LogP contribution in [0.1, 0.15) is 105 Å². The third kappa shape index (κ3) is 5.45. The zero-order valence-corrected chi connectivity index (χ0v) is 28.1. The number of imidazole rings is 1. The molecule has 5 aliphatic rings. The van der Waals surface area contributed by atoms with E-state index >= 15 is 0 Å². The molecular weight excluding hydrogens is 605 g/mol. The average molecular weight is 658 g/mol. The van der Waals surface area contributed by atoms with Crippen LogP contribution in [0.5, 0.6) is 0 Å². The molecule has 11 nitrogen and oxygen atoms in total. The van der Waals surface area contributed by atoms with E-state index in [1.54, 1.807) is 6.92 Å². The summed E-state index contributed by atoms with van der Waals surface area (Å²) in [6.45, 7) is 8.74. The molecule has 0 radical (unpaired) electrons. The number of nitrogens with zero attached hydrogens (tertiary/aromatic N) is 4. The number of aromatic nitrogens is 4. The summed E-state index contributed by atoms with van der Waals surface area (Å²) in [7, 11) is 0. The second kappa shape index (κ2) is 11.9. The zero-order valence-electron chi connectivity index (χ0n) is 28.1. The standard InChI is InChI=1S/C35H52FN5O6/c1-18(21-6-7-22-28-23(10-12-34(21,22)3)33(2)11-9-20(42)13-19(33)14-24(28)43)5-8-27(45)46-16-35(4)25(44)15-26(47-35)41-17-38-29-30(37)39-32(36)40-31(29)41/h17-26,28,42-44H,5-16H2,1-4H3,(H2,37,39,40)/t18-,19+,20-,21-,22+,23+,24+,25+,26-,28+,33+,34-,35-/m1/s1. The molecule has 0 bridgehead atoms. The Morgan fingerprint density at radius 2 is 1.83 bits per heavy atom. The van der Waals surface area contributed by atoms with Crippen LogP contribution < -0.4 is 5.73 Å². The number of rotatable bonds is 7. The van der Waals surface area contributed by atoms with E-state index in [0.717, 1.165) is 57.8 Å². The van der Waals surface area contributed by atoms with Crippen molar-refractivity contribution in [3.05, 3.63) is 12.4 Å². The molecule has 12 heteroatoms. The van der Waals surface area contributed by atoms with Crippen LogP contribution >= 0.6 is 0 Å². The van der Waals surface area contributed by atoms with Crippen molar-refractivity contribution in [3.63, 3.8) is 0 Å². The monoisotopic (exact) mass is 657 g/mol. The molecule has 7 rings (SSSR count). The highest BCUT2D eigenvalue weighted by Crippen LogP contribution is 2.68. The molecule has 4 aliphatic carbocycles. The topological polar surface area (TPSA) is 166 Å². The van der Waals surface area contributed by atoms with Crippen molar-refractivity contribution in [1.29, 1.82) is 0 Å². The minimum absolute atomic E-state index is 0.0782. The van der Waals surface area contributed by atoms with Crippen LogP contribution in [0.15, 0.2) is 6.33 Å². The SMILES string of the molecule is C[C@H](CCC(=O)OC[C@@]1(C)O[C@@H](n2cnc3c(N)nc(F)nc32)C[C@@H]1O)[C@H]1CC[C@H]2[C@@H]3[C@@H](O)C[C@@H]4C[C@H](O)CC[C@]4(C)[C@H]3CC[C@]12C. The number of fused-ring (bicyclic) bond motifs is 6. The predicted octanol–water partition coefficient (Wildman–Crippen LogP) is 4.54. The van der Waals surface area contributed by atoms with Gasteiger partial charge in [-0.05, 0) is 111 Å². The summed E-state index contributed by atoms with van der Waals surface area (Å²) < 4.78 is 27.2. The van der Waals surface area contributed by atoms with E-state index in [1.165, 1.54) is 10.9 Å². The lowest BCUT2D eigenvalue weighted by molar-refractivity contribution is -0.174. The lowest BCUT2D eigenvalue weighted by Gasteiger charge is -2.62. The molecule has 0 spiro atoms. The summed E-state index contributed by atoms with van der Waals surface area (Å²) in [5.74, 6) is 2.14. The van der Waals surface area contributed by atoms with E-state index in [0.29, 0.717) is 35.5 Å². The molecule has 5 N–H and O–H groups in total. The largest absolute Gasteiger partial charge is 0.462 e. The number of hydrogen-bond acceptors (Lipinski definition) is 10. The number of aliphatic hydroxyl groups excluding tert-OH is 3. The van der Waals surface area contributed by atoms with Gasteiger partial charge in [0.25, 0.3) is 0 Å². The molecule has 4 saturated carbocycles. The minimum atomic E-state index is -1.16. The van der Waals surface area contributed by atoms with Gasteiger partial charge in [0, 0.05) is 12.8 Å². The predicted molar refractivity (Wildman–Crippen MR) is 171 cm³/mol. The summed E-state index contributed by atoms with van der Waals surface area (Å²) in [5.41, 5.74) is 5.40. The van der Waals surface area contributed by atoms with Gasteiger partial charge in [0.1, 0.15) is 18.4 Å². The van der Waals surface area contributed by atoms with Gasteiger partial charge in [-0.25, -0.2) is 4.98 Å². The van der Waals surface area contributed by atoms with Crippen LogP contribution in [0.4, 0.5) is 10.2 Å². The Labute approximate surface area is 275 Å². The Kier molecular flexibility index (Phi) is 8.37. The lowest BCUT2D eigenvalue weighted by Crippen LogP contribution is -2.58. The average Bonchev–Trinajstić information content (AvgIpc) is 3.69. The van der Waals surface area contributed by atoms with Crippen molar-refractivity contribution in [2.75, 3.05) is 12.3 Å². The zero-order chi connectivity index (χ0) is 33.5. The summed E-state index contributed by atoms with van der Waals surface area (Å²) in [6, 6.07) is 0. The number of hydrogen-bond donors (Lipinski definition) is 4. The van der Waals surface area contributed by atoms with Gasteiger partial charge in [-0.2, -0.15) is 14.4 Å². The molecule has 2 aromatic rings. The molecule has 2 aromatic heterocycles. The third-order valence-corrected chi connectivity index (χ3v) is 14.0. The maximum absolute atomic E-state index is 13.9. The highest BCUT2D eigenvalue weighted by molar-refractivity contribution is 5.81. The summed E-state index contributed by atoms with van der Waals surface area (Å²) in [6.07, 6.45) is 7.60. The normalized spacial score (nSPS) is 43.7. The molecule has 0 unspecified atom stereocenters. The minimum Gasteiger partial charge on any atom is -0.462 e. The van der Waals surface area contributed by atoms with Crippen molar-refractivity contribution < 1.29 is 34.0 Å². The second-order valence-electron chi connectivity index (χ2n) is 16.5. The quantitative estimate of drug-likeness (QED) is 0.245. The Morgan fingerprint density at radius 3 is 2.62 bits per heavy atom. The Hall–Kier alpha value is -2.41. The van der Waals surface area contributed by atoms with Crippen LogP contribution in [-0.2, 0) is 14.3 Å². The van der Waals surface area contributed by atoms with Crippen LogP contribution in [0.2, 0.25) is 0 Å². The number of carbonyl (C=O) groups is 1. The van der Waals surface area contributed by atoms with Gasteiger partial charge in [0.05, 0.1) is 24.6 Å². The Bertz CT molecular complexity index is 1510. The molecule has 47 heavy (non-hydrogen) atoms. The molecule has 0 aromatic carbocycles. The fourth-order valence-corrected chi connectivity index (χ4v) is 11.3. The first kappa shape index (κ1) is 33.1. The van der Waals surface area contributed by atoms with Crippen molar-refractivity contribution in [1.82, 2.24) is 19.5 Å². The van der Waals surface area contributed by atoms with Crippen molar-refractivity contribution in [3.8, 4) is 0 Å². The second-order valence-corrected chi connectivity index (χ2v) is 16.5. The number of esters is 1. The lowest BCUT2D eigenvalue weighted by atomic mass is 9.43. The van der Waals surface area contributed by atoms with Crippen LogP contribution in [0.25, 0.3) is 11.2 Å². The first-order valence-corrected chi connectivity index (χ1v) is 17.8. The van der Waals surface area contributed by atoms with E-state index in [9.17, 15) is 24.5 Å². The molecule has 1 aliphatic heterocycles. The summed E-state index contributed by atoms with van der Waals surface area (Å²) in [4.78, 5) is 24.5. The molecule has 0 amide bonds. The van der Waals surface area contributed by atoms with Crippen molar-refractivity contribution >= 4 is 23.0 Å². The first-order valence-electron chi connectivity index (χ1n) is 17.8. The van der Waals surface area contributed by atoms with Gasteiger partial charge in [-0.1, -0.05) is 20.8 Å². The van der Waals surface area contributed by atoms with Crippen LogP contribution in [-0.4, -0.2) is 71.3 Å². The summed E-state index contributed by atoms with van der Waals surface area (Å²) >= 11 is 0. The van der Waals surface area contributed by atoms with Gasteiger partial charge in [0.15, 0.2) is 17.0 Å². The number of nitrogen functional groups attached to an aromatic ring is 1. The number of carbonyl (C=O) groups excluding carboxylic acids is 1. The molecule has 260 valence electrons. The van der Waals surface area contributed by atoms with Crippen LogP contribution in [0, 0.1) is 52.4 Å². The van der Waals surface area contributed by atoms with Crippen LogP contribution in [0.3, 0.4) is 0 Å². The number of nitrogens with two attached hydrogens (primary N) is 1. The Morgan fingerprint density at radius 1 is 1.09 bits per heavy atom. The van der Waals surface area contributed by atoms with Gasteiger partial charge in [-0.15, -0.1) is 0 Å². The fourth-order valence-electron chi connectivity index (χ4n) is 11.3. The molecule has 1 saturated heterocycles. The maximum Gasteiger partial charge on any atom is 0.312 e. The summed E-state index contributed by atoms with van der Waals surface area (Å²) in [5, 5.41) is 32.8. The van der Waals surface area contributed by atoms with E-state index in [1.807, 2.05) is 0 Å². The molecule has 3 heterocycles. The molecule has 13 atom stereocenters. The highest BCUT2D eigenvalue weighted by Gasteiger charge is 2.63. The molecular formula is C35H52FN5O6. The fraction of sp³-hybridized carbons (Fsp3) is 0.829. The Balaban J connectivity index is 0.942. The van der Waals surface area contributed by atoms with E-state index in [2.05, 4.69) is 35.7 Å². The molecule has 5 fully saturated rings. The van der Waals surface area contributed by atoms with Gasteiger partial charge in [0.2, 0.25) is 0 Å². The number of anilines is 1. The van der Waals surface area contributed by atoms with E-state index < -0.39 is 24.0 Å². The third-order valence-electron chi connectivity index (χ3n) is 14.0. The van der Waals surface area contributed by atoms with Crippen molar-refractivity contribution in [2.24, 2.45) is 46.3 Å². The number of ether oxygens (including phenoxy) is 2. The maximum atomic E-state index is 13.9. The first-order chi connectivity index (χ1) is 22.2. The van der Waals surface area contributed by atoms with Gasteiger partial charge < -0.3 is 30.5 Å². The highest BCUT2D eigenvalue weighted by atomic mass is 19.1.